The van der Waals surface area contributed by atoms with Gasteiger partial charge in [-0.15, -0.1) is 0 Å². The highest BCUT2D eigenvalue weighted by molar-refractivity contribution is 6.02. The Balaban J connectivity index is 1.99. The Kier molecular flexibility index (Phi) is 2.47. The highest BCUT2D eigenvalue weighted by Gasteiger charge is 2.52. The molecule has 1 aliphatic heterocycles. The normalized spacial score (nSPS) is 25.7. The number of halogens is 1. The van der Waals surface area contributed by atoms with Crippen LogP contribution in [0.2, 0.25) is 0 Å². The van der Waals surface area contributed by atoms with E-state index >= 15 is 0 Å². The molecule has 0 aromatic heterocycles. The fraction of sp³-hybridized carbons (Fsp3) is 0.429. The van der Waals surface area contributed by atoms with Gasteiger partial charge >= 0.3 is 0 Å². The third-order valence-corrected chi connectivity index (χ3v) is 4.20. The second-order valence-corrected chi connectivity index (χ2v) is 5.29. The minimum Gasteiger partial charge on any atom is -0.296 e. The SMILES string of the molecule is O=C1CC2(CCC2)C(c2ccc(F)cc2)C(=O)N1. The summed E-state index contributed by atoms with van der Waals surface area (Å²) in [5, 5.41) is 2.39. The first-order valence-corrected chi connectivity index (χ1v) is 6.20. The van der Waals surface area contributed by atoms with Crippen molar-refractivity contribution in [3.8, 4) is 0 Å². The Hall–Kier alpha value is -1.71. The summed E-state index contributed by atoms with van der Waals surface area (Å²) in [6.07, 6.45) is 3.25. The van der Waals surface area contributed by atoms with Crippen LogP contribution in [0, 0.1) is 11.2 Å². The highest BCUT2D eigenvalue weighted by Crippen LogP contribution is 2.55. The predicted molar refractivity (Wildman–Crippen MR) is 63.2 cm³/mol. The number of nitrogens with one attached hydrogen (secondary N) is 1. The molecule has 0 bridgehead atoms. The molecular formula is C14H14FNO2. The van der Waals surface area contributed by atoms with E-state index in [1.807, 2.05) is 0 Å². The first-order valence-electron chi connectivity index (χ1n) is 6.20. The molecule has 1 aromatic carbocycles. The summed E-state index contributed by atoms with van der Waals surface area (Å²) >= 11 is 0. The second kappa shape index (κ2) is 3.90. The summed E-state index contributed by atoms with van der Waals surface area (Å²) < 4.78 is 12.9. The maximum Gasteiger partial charge on any atom is 0.234 e. The number of carbonyl (C=O) groups excluding carboxylic acids is 2. The van der Waals surface area contributed by atoms with Crippen molar-refractivity contribution in [3.05, 3.63) is 35.6 Å². The van der Waals surface area contributed by atoms with Crippen LogP contribution < -0.4 is 5.32 Å². The van der Waals surface area contributed by atoms with Gasteiger partial charge in [0, 0.05) is 6.42 Å². The predicted octanol–water partition coefficient (Wildman–Crippen LogP) is 2.13. The minimum atomic E-state index is -0.315. The number of hydrogen-bond donors (Lipinski definition) is 1. The van der Waals surface area contributed by atoms with E-state index in [2.05, 4.69) is 5.32 Å². The van der Waals surface area contributed by atoms with Crippen LogP contribution in [0.4, 0.5) is 4.39 Å². The van der Waals surface area contributed by atoms with Crippen LogP contribution in [-0.2, 0) is 9.59 Å². The molecule has 3 nitrogen and oxygen atoms in total. The maximum atomic E-state index is 12.9. The number of rotatable bonds is 1. The van der Waals surface area contributed by atoms with Crippen molar-refractivity contribution in [2.75, 3.05) is 0 Å². The van der Waals surface area contributed by atoms with E-state index in [9.17, 15) is 14.0 Å². The van der Waals surface area contributed by atoms with Crippen LogP contribution in [0.3, 0.4) is 0 Å². The van der Waals surface area contributed by atoms with Crippen molar-refractivity contribution in [2.45, 2.75) is 31.6 Å². The highest BCUT2D eigenvalue weighted by atomic mass is 19.1. The van der Waals surface area contributed by atoms with Gasteiger partial charge in [0.25, 0.3) is 0 Å². The van der Waals surface area contributed by atoms with Gasteiger partial charge in [0.1, 0.15) is 5.82 Å². The fourth-order valence-corrected chi connectivity index (χ4v) is 3.21. The summed E-state index contributed by atoms with van der Waals surface area (Å²) in [4.78, 5) is 23.6. The molecule has 1 spiro atoms. The first-order chi connectivity index (χ1) is 8.61. The van der Waals surface area contributed by atoms with Gasteiger partial charge in [0.05, 0.1) is 5.92 Å². The van der Waals surface area contributed by atoms with Gasteiger partial charge in [0.2, 0.25) is 11.8 Å². The molecule has 2 amide bonds. The Morgan fingerprint density at radius 1 is 1.17 bits per heavy atom. The molecule has 2 aliphatic rings. The standard InChI is InChI=1S/C14H14FNO2/c15-10-4-2-9(3-5-10)12-13(18)16-11(17)8-14(12)6-1-7-14/h2-5,12H,1,6-8H2,(H,16,17,18). The Morgan fingerprint density at radius 3 is 2.39 bits per heavy atom. The van der Waals surface area contributed by atoms with Crippen LogP contribution >= 0.6 is 0 Å². The topological polar surface area (TPSA) is 46.2 Å². The van der Waals surface area contributed by atoms with Crippen LogP contribution in [-0.4, -0.2) is 11.8 Å². The average Bonchev–Trinajstić information content (AvgIpc) is 2.28. The third kappa shape index (κ3) is 1.64. The number of carbonyl (C=O) groups is 2. The lowest BCUT2D eigenvalue weighted by Crippen LogP contribution is -2.53. The molecule has 0 radical (unpaired) electrons. The molecule has 1 saturated heterocycles. The summed E-state index contributed by atoms with van der Waals surface area (Å²) in [7, 11) is 0. The first kappa shape index (κ1) is 11.4. The zero-order valence-electron chi connectivity index (χ0n) is 9.91. The van der Waals surface area contributed by atoms with E-state index in [-0.39, 0.29) is 29.0 Å². The van der Waals surface area contributed by atoms with Gasteiger partial charge in [0.15, 0.2) is 0 Å². The average molecular weight is 247 g/mol. The summed E-state index contributed by atoms with van der Waals surface area (Å²) in [5.41, 5.74) is 0.582. The quantitative estimate of drug-likeness (QED) is 0.773. The van der Waals surface area contributed by atoms with Gasteiger partial charge in [-0.25, -0.2) is 4.39 Å². The van der Waals surface area contributed by atoms with E-state index in [0.29, 0.717) is 6.42 Å². The zero-order chi connectivity index (χ0) is 12.8. The largest absolute Gasteiger partial charge is 0.296 e. The van der Waals surface area contributed by atoms with E-state index in [4.69, 9.17) is 0 Å². The van der Waals surface area contributed by atoms with Crippen molar-refractivity contribution >= 4 is 11.8 Å². The summed E-state index contributed by atoms with van der Waals surface area (Å²) in [6.45, 7) is 0. The lowest BCUT2D eigenvalue weighted by molar-refractivity contribution is -0.143. The molecule has 1 aromatic rings. The van der Waals surface area contributed by atoms with Gasteiger partial charge < -0.3 is 0 Å². The summed E-state index contributed by atoms with van der Waals surface area (Å²) in [6, 6.07) is 6.03. The van der Waals surface area contributed by atoms with Gasteiger partial charge in [-0.3, -0.25) is 14.9 Å². The van der Waals surface area contributed by atoms with Gasteiger partial charge in [-0.2, -0.15) is 0 Å². The Bertz CT molecular complexity index is 505. The van der Waals surface area contributed by atoms with Crippen molar-refractivity contribution in [1.29, 1.82) is 0 Å². The van der Waals surface area contributed by atoms with Gasteiger partial charge in [-0.05, 0) is 36.0 Å². The lowest BCUT2D eigenvalue weighted by Gasteiger charge is -2.49. The Labute approximate surface area is 104 Å². The monoisotopic (exact) mass is 247 g/mol. The van der Waals surface area contributed by atoms with Crippen LogP contribution in [0.5, 0.6) is 0 Å². The van der Waals surface area contributed by atoms with Crippen LogP contribution in [0.1, 0.15) is 37.2 Å². The number of amides is 2. The molecule has 2 fully saturated rings. The van der Waals surface area contributed by atoms with Crippen LogP contribution in [0.15, 0.2) is 24.3 Å². The molecule has 1 unspecified atom stereocenters. The van der Waals surface area contributed by atoms with Crippen molar-refractivity contribution < 1.29 is 14.0 Å². The molecule has 1 saturated carbocycles. The molecular weight excluding hydrogens is 233 g/mol. The maximum absolute atomic E-state index is 12.9. The number of benzene rings is 1. The van der Waals surface area contributed by atoms with Crippen molar-refractivity contribution in [2.24, 2.45) is 5.41 Å². The van der Waals surface area contributed by atoms with Gasteiger partial charge in [-0.1, -0.05) is 18.6 Å². The van der Waals surface area contributed by atoms with Crippen molar-refractivity contribution in [1.82, 2.24) is 5.32 Å². The Morgan fingerprint density at radius 2 is 1.83 bits per heavy atom. The smallest absolute Gasteiger partial charge is 0.234 e. The zero-order valence-corrected chi connectivity index (χ0v) is 9.91. The number of piperidine rings is 1. The molecule has 1 aliphatic carbocycles. The molecule has 1 heterocycles. The third-order valence-electron chi connectivity index (χ3n) is 4.20. The minimum absolute atomic E-state index is 0.182. The molecule has 3 rings (SSSR count). The van der Waals surface area contributed by atoms with E-state index in [1.54, 1.807) is 12.1 Å². The van der Waals surface area contributed by atoms with E-state index in [1.165, 1.54) is 12.1 Å². The van der Waals surface area contributed by atoms with E-state index < -0.39 is 0 Å². The summed E-state index contributed by atoms with van der Waals surface area (Å²) in [5.74, 6) is -1.05. The van der Waals surface area contributed by atoms with Crippen molar-refractivity contribution in [3.63, 3.8) is 0 Å². The molecule has 1 atom stereocenters. The number of hydrogen-bond acceptors (Lipinski definition) is 2. The fourth-order valence-electron chi connectivity index (χ4n) is 3.21. The van der Waals surface area contributed by atoms with Crippen LogP contribution in [0.25, 0.3) is 0 Å². The molecule has 1 N–H and O–H groups in total. The molecule has 4 heteroatoms. The second-order valence-electron chi connectivity index (χ2n) is 5.29. The molecule has 18 heavy (non-hydrogen) atoms. The van der Waals surface area contributed by atoms with E-state index in [0.717, 1.165) is 24.8 Å². The molecule has 94 valence electrons. The number of imide groups is 1. The lowest BCUT2D eigenvalue weighted by atomic mass is 9.56.